The predicted octanol–water partition coefficient (Wildman–Crippen LogP) is 2.92. The maximum absolute atomic E-state index is 12.4. The van der Waals surface area contributed by atoms with Crippen LogP contribution in [0.15, 0.2) is 12.1 Å². The molecule has 2 unspecified atom stereocenters. The molecule has 0 bridgehead atoms. The van der Waals surface area contributed by atoms with Gasteiger partial charge in [-0.1, -0.05) is 6.07 Å². The van der Waals surface area contributed by atoms with E-state index in [9.17, 15) is 40.2 Å². The molecule has 0 aliphatic carbocycles. The zero-order valence-electron chi connectivity index (χ0n) is 26.5. The second kappa shape index (κ2) is 12.1. The fraction of sp³-hybridized carbons (Fsp3) is 0.750. The quantitative estimate of drug-likeness (QED) is 0.238. The van der Waals surface area contributed by atoms with E-state index in [1.165, 1.54) is 6.07 Å². The van der Waals surface area contributed by atoms with Gasteiger partial charge in [0.2, 0.25) is 0 Å². The van der Waals surface area contributed by atoms with Gasteiger partial charge in [-0.3, -0.25) is 9.80 Å². The van der Waals surface area contributed by atoms with Crippen molar-refractivity contribution in [2.24, 2.45) is 0 Å². The molecular formula is C32H52N2O8. The van der Waals surface area contributed by atoms with Crippen LogP contribution in [-0.2, 0) is 12.8 Å². The summed E-state index contributed by atoms with van der Waals surface area (Å²) in [5.74, 6) is -2.78. The number of rotatable bonds is 10. The van der Waals surface area contributed by atoms with Crippen LogP contribution >= 0.6 is 0 Å². The molecule has 10 heteroatoms. The summed E-state index contributed by atoms with van der Waals surface area (Å²) in [5.41, 5.74) is -1.69. The van der Waals surface area contributed by atoms with Crippen molar-refractivity contribution >= 4 is 11.9 Å². The average Bonchev–Trinajstić information content (AvgIpc) is 2.77. The van der Waals surface area contributed by atoms with E-state index in [1.54, 1.807) is 6.07 Å². The number of carbonyl (C=O) groups is 2. The van der Waals surface area contributed by atoms with Gasteiger partial charge in [0.25, 0.3) is 0 Å². The van der Waals surface area contributed by atoms with Crippen LogP contribution in [0.5, 0.6) is 0 Å². The molecular weight excluding hydrogens is 540 g/mol. The second-order valence-electron chi connectivity index (χ2n) is 15.0. The molecule has 2 heterocycles. The summed E-state index contributed by atoms with van der Waals surface area (Å²) >= 11 is 0. The summed E-state index contributed by atoms with van der Waals surface area (Å²) in [6.45, 7) is 16.6. The third kappa shape index (κ3) is 7.52. The van der Waals surface area contributed by atoms with Gasteiger partial charge in [0.15, 0.2) is 0 Å². The molecule has 2 aliphatic heterocycles. The van der Waals surface area contributed by atoms with Gasteiger partial charge in [0.1, 0.15) is 0 Å². The van der Waals surface area contributed by atoms with Crippen LogP contribution in [0, 0.1) is 0 Å². The Kier molecular flexibility index (Phi) is 9.94. The lowest BCUT2D eigenvalue weighted by Crippen LogP contribution is -2.63. The fourth-order valence-electron chi connectivity index (χ4n) is 8.10. The molecule has 0 radical (unpaired) electrons. The highest BCUT2D eigenvalue weighted by Gasteiger charge is 2.46. The maximum atomic E-state index is 12.4. The zero-order valence-corrected chi connectivity index (χ0v) is 26.5. The normalized spacial score (nSPS) is 24.3. The highest BCUT2D eigenvalue weighted by molar-refractivity contribution is 6.03. The van der Waals surface area contributed by atoms with Gasteiger partial charge in [0, 0.05) is 41.7 Å². The van der Waals surface area contributed by atoms with E-state index in [1.807, 2.05) is 55.4 Å². The largest absolute Gasteiger partial charge is 0.478 e. The minimum atomic E-state index is -1.40. The standard InChI is InChI=1S/C32H52N2O8/c1-29(2)13-22(37)14-30(3,4)33(29)17-20(35)11-19-9-10-24(27(39)40)26(28(41)42)25(19)12-21(36)18-34-31(5,6)15-23(38)16-32(34,7)8/h9-10,20-23,35-38H,11-18H2,1-8H3,(H,39,40)(H,41,42). The topological polar surface area (TPSA) is 162 Å². The molecule has 6 N–H and O–H groups in total. The third-order valence-corrected chi connectivity index (χ3v) is 9.40. The highest BCUT2D eigenvalue weighted by Crippen LogP contribution is 2.40. The molecule has 0 saturated carbocycles. The summed E-state index contributed by atoms with van der Waals surface area (Å²) in [4.78, 5) is 28.8. The van der Waals surface area contributed by atoms with Crippen LogP contribution in [-0.4, -0.2) is 112 Å². The lowest BCUT2D eigenvalue weighted by atomic mass is 9.77. The van der Waals surface area contributed by atoms with E-state index in [0.717, 1.165) is 0 Å². The van der Waals surface area contributed by atoms with Gasteiger partial charge in [-0.05, 0) is 105 Å². The molecule has 2 atom stereocenters. The first-order valence-electron chi connectivity index (χ1n) is 15.0. The third-order valence-electron chi connectivity index (χ3n) is 9.40. The van der Waals surface area contributed by atoms with E-state index in [0.29, 0.717) is 31.2 Å². The van der Waals surface area contributed by atoms with Crippen LogP contribution in [0.2, 0.25) is 0 Å². The molecule has 0 aromatic heterocycles. The maximum Gasteiger partial charge on any atom is 0.336 e. The van der Waals surface area contributed by atoms with Crippen molar-refractivity contribution in [2.45, 2.75) is 140 Å². The lowest BCUT2D eigenvalue weighted by molar-refractivity contribution is -0.0972. The Morgan fingerprint density at radius 1 is 0.714 bits per heavy atom. The summed E-state index contributed by atoms with van der Waals surface area (Å²) in [7, 11) is 0. The number of hydrogen-bond donors (Lipinski definition) is 6. The molecule has 0 amide bonds. The Hall–Kier alpha value is -2.08. The number of benzene rings is 1. The Balaban J connectivity index is 1.94. The molecule has 2 fully saturated rings. The van der Waals surface area contributed by atoms with Crippen molar-refractivity contribution in [1.82, 2.24) is 9.80 Å². The Bertz CT molecular complexity index is 1130. The zero-order chi connectivity index (χ0) is 32.0. The molecule has 238 valence electrons. The number of β-amino-alcohol motifs (C(OH)–C–C–N with tert-alkyl or cyclic N) is 2. The number of aliphatic hydroxyl groups is 4. The minimum absolute atomic E-state index is 0.0698. The van der Waals surface area contributed by atoms with Gasteiger partial charge in [-0.15, -0.1) is 0 Å². The van der Waals surface area contributed by atoms with E-state index in [4.69, 9.17) is 0 Å². The molecule has 2 aliphatic rings. The van der Waals surface area contributed by atoms with Gasteiger partial charge in [-0.2, -0.15) is 0 Å². The molecule has 3 rings (SSSR count). The summed E-state index contributed by atoms with van der Waals surface area (Å²) in [6.07, 6.45) is -0.744. The van der Waals surface area contributed by atoms with Crippen molar-refractivity contribution in [1.29, 1.82) is 0 Å². The SMILES string of the molecule is CC1(C)CC(O)CC(C)(C)N1CC(O)Cc1ccc(C(=O)O)c(C(=O)O)c1CC(O)CN1C(C)(C)CC(O)CC1(C)C. The van der Waals surface area contributed by atoms with Crippen molar-refractivity contribution < 1.29 is 40.2 Å². The first-order valence-corrected chi connectivity index (χ1v) is 15.0. The van der Waals surface area contributed by atoms with Crippen LogP contribution in [0.1, 0.15) is 113 Å². The molecule has 0 spiro atoms. The van der Waals surface area contributed by atoms with E-state index >= 15 is 0 Å². The smallest absolute Gasteiger partial charge is 0.336 e. The van der Waals surface area contributed by atoms with Gasteiger partial charge < -0.3 is 30.6 Å². The fourth-order valence-corrected chi connectivity index (χ4v) is 8.10. The molecule has 2 saturated heterocycles. The number of aromatic carboxylic acids is 2. The lowest BCUT2D eigenvalue weighted by Gasteiger charge is -2.55. The molecule has 1 aromatic rings. The summed E-state index contributed by atoms with van der Waals surface area (Å²) in [6, 6.07) is 2.80. The monoisotopic (exact) mass is 592 g/mol. The molecule has 10 nitrogen and oxygen atoms in total. The Morgan fingerprint density at radius 2 is 1.10 bits per heavy atom. The van der Waals surface area contributed by atoms with Crippen molar-refractivity contribution in [3.8, 4) is 0 Å². The van der Waals surface area contributed by atoms with Crippen molar-refractivity contribution in [2.75, 3.05) is 13.1 Å². The molecule has 42 heavy (non-hydrogen) atoms. The highest BCUT2D eigenvalue weighted by atomic mass is 16.4. The van der Waals surface area contributed by atoms with Crippen LogP contribution < -0.4 is 0 Å². The van der Waals surface area contributed by atoms with Crippen LogP contribution in [0.3, 0.4) is 0 Å². The van der Waals surface area contributed by atoms with E-state index < -0.39 is 47.4 Å². The first-order chi connectivity index (χ1) is 19.1. The van der Waals surface area contributed by atoms with E-state index in [2.05, 4.69) is 9.80 Å². The number of carboxylic acids is 2. The summed E-state index contributed by atoms with van der Waals surface area (Å²) in [5, 5.41) is 63.4. The average molecular weight is 593 g/mol. The van der Waals surface area contributed by atoms with Crippen LogP contribution in [0.25, 0.3) is 0 Å². The van der Waals surface area contributed by atoms with Gasteiger partial charge in [0.05, 0.1) is 35.5 Å². The number of carboxylic acid groups (broad SMARTS) is 2. The van der Waals surface area contributed by atoms with Crippen LogP contribution in [0.4, 0.5) is 0 Å². The first kappa shape index (κ1) is 34.4. The number of hydrogen-bond acceptors (Lipinski definition) is 8. The number of nitrogens with zero attached hydrogens (tertiary/aromatic N) is 2. The number of piperidine rings is 2. The van der Waals surface area contributed by atoms with Crippen molar-refractivity contribution in [3.63, 3.8) is 0 Å². The Morgan fingerprint density at radius 3 is 1.45 bits per heavy atom. The van der Waals surface area contributed by atoms with Crippen molar-refractivity contribution in [3.05, 3.63) is 34.4 Å². The number of likely N-dealkylation sites (tertiary alicyclic amines) is 2. The van der Waals surface area contributed by atoms with Gasteiger partial charge >= 0.3 is 11.9 Å². The summed E-state index contributed by atoms with van der Waals surface area (Å²) < 4.78 is 0. The molecule has 1 aromatic carbocycles. The predicted molar refractivity (Wildman–Crippen MR) is 160 cm³/mol. The number of aliphatic hydroxyl groups excluding tert-OH is 4. The minimum Gasteiger partial charge on any atom is -0.478 e. The van der Waals surface area contributed by atoms with E-state index in [-0.39, 0.29) is 53.7 Å². The van der Waals surface area contributed by atoms with Gasteiger partial charge in [-0.25, -0.2) is 9.59 Å². The second-order valence-corrected chi connectivity index (χ2v) is 15.0. The Labute approximate surface area is 250 Å².